The van der Waals surface area contributed by atoms with E-state index < -0.39 is 18.0 Å². The molecule has 0 saturated carbocycles. The molecule has 2 rings (SSSR count). The maximum atomic E-state index is 12.8. The number of primary amides is 1. The first kappa shape index (κ1) is 14.5. The Morgan fingerprint density at radius 1 is 1.35 bits per heavy atom. The van der Waals surface area contributed by atoms with Crippen LogP contribution in [0.4, 0.5) is 24.5 Å². The van der Waals surface area contributed by atoms with Crippen molar-refractivity contribution in [2.75, 3.05) is 23.7 Å². The molecule has 1 heterocycles. The number of hydrogen-bond acceptors (Lipinski definition) is 3. The maximum absolute atomic E-state index is 12.8. The number of hydrogen-bond donors (Lipinski definition) is 2. The first-order valence-corrected chi connectivity index (χ1v) is 6.30. The van der Waals surface area contributed by atoms with Crippen molar-refractivity contribution in [2.24, 2.45) is 11.7 Å². The summed E-state index contributed by atoms with van der Waals surface area (Å²) >= 11 is 0. The Morgan fingerprint density at radius 3 is 2.65 bits per heavy atom. The number of alkyl halides is 3. The zero-order valence-electron chi connectivity index (χ0n) is 10.8. The smallest absolute Gasteiger partial charge is 0.393 e. The number of nitrogens with zero attached hydrogens (tertiary/aromatic N) is 1. The molecule has 0 radical (unpaired) electrons. The molecule has 0 bridgehead atoms. The number of nitrogen functional groups attached to an aromatic ring is 1. The summed E-state index contributed by atoms with van der Waals surface area (Å²) in [5.74, 6) is -2.03. The summed E-state index contributed by atoms with van der Waals surface area (Å²) < 4.78 is 38.3. The van der Waals surface area contributed by atoms with E-state index in [-0.39, 0.29) is 24.2 Å². The highest BCUT2D eigenvalue weighted by atomic mass is 19.4. The van der Waals surface area contributed by atoms with Crippen LogP contribution in [0.5, 0.6) is 0 Å². The third-order valence-corrected chi connectivity index (χ3v) is 3.55. The van der Waals surface area contributed by atoms with Crippen LogP contribution in [0.15, 0.2) is 18.2 Å². The van der Waals surface area contributed by atoms with E-state index >= 15 is 0 Å². The Kier molecular flexibility index (Phi) is 3.78. The van der Waals surface area contributed by atoms with Gasteiger partial charge in [0.1, 0.15) is 0 Å². The van der Waals surface area contributed by atoms with Gasteiger partial charge < -0.3 is 16.4 Å². The van der Waals surface area contributed by atoms with E-state index in [0.717, 1.165) is 0 Å². The van der Waals surface area contributed by atoms with Crippen molar-refractivity contribution in [1.29, 1.82) is 0 Å². The third-order valence-electron chi connectivity index (χ3n) is 3.55. The number of benzene rings is 1. The van der Waals surface area contributed by atoms with Gasteiger partial charge in [-0.15, -0.1) is 0 Å². The van der Waals surface area contributed by atoms with Gasteiger partial charge in [0.15, 0.2) is 0 Å². The van der Waals surface area contributed by atoms with E-state index in [1.54, 1.807) is 11.0 Å². The second-order valence-electron chi connectivity index (χ2n) is 4.96. The first-order chi connectivity index (χ1) is 9.29. The highest BCUT2D eigenvalue weighted by Crippen LogP contribution is 2.35. The summed E-state index contributed by atoms with van der Waals surface area (Å²) in [5.41, 5.74) is 11.7. The van der Waals surface area contributed by atoms with Gasteiger partial charge in [0.05, 0.1) is 11.5 Å². The molecule has 1 aliphatic rings. The fourth-order valence-electron chi connectivity index (χ4n) is 2.43. The molecule has 7 heteroatoms. The number of carbonyl (C=O) groups excluding carboxylic acids is 1. The molecular formula is C13H16F3N3O. The predicted octanol–water partition coefficient (Wildman–Crippen LogP) is 2.15. The number of carbonyl (C=O) groups is 1. The van der Waals surface area contributed by atoms with Crippen LogP contribution in [0.3, 0.4) is 0 Å². The molecule has 1 aromatic rings. The minimum atomic E-state index is -4.20. The lowest BCUT2D eigenvalue weighted by atomic mass is 9.96. The molecule has 0 spiro atoms. The van der Waals surface area contributed by atoms with E-state index in [4.69, 9.17) is 11.5 Å². The van der Waals surface area contributed by atoms with Gasteiger partial charge in [-0.1, -0.05) is 0 Å². The number of amides is 1. The number of anilines is 2. The summed E-state index contributed by atoms with van der Waals surface area (Å²) in [4.78, 5) is 12.8. The molecule has 1 unspecified atom stereocenters. The quantitative estimate of drug-likeness (QED) is 0.819. The van der Waals surface area contributed by atoms with Crippen LogP contribution in [0.2, 0.25) is 0 Å². The molecule has 1 atom stereocenters. The van der Waals surface area contributed by atoms with Crippen molar-refractivity contribution in [3.63, 3.8) is 0 Å². The second-order valence-corrected chi connectivity index (χ2v) is 4.96. The first-order valence-electron chi connectivity index (χ1n) is 6.30. The lowest BCUT2D eigenvalue weighted by Gasteiger charge is -2.35. The SMILES string of the molecule is NC(=O)c1cc(N2CCCC(C(F)(F)F)C2)ccc1N. The average Bonchev–Trinajstić information content (AvgIpc) is 2.38. The zero-order valence-corrected chi connectivity index (χ0v) is 10.8. The van der Waals surface area contributed by atoms with Crippen molar-refractivity contribution in [3.05, 3.63) is 23.8 Å². The van der Waals surface area contributed by atoms with Gasteiger partial charge in [-0.3, -0.25) is 4.79 Å². The number of nitrogens with two attached hydrogens (primary N) is 2. The molecule has 0 aromatic heterocycles. The highest BCUT2D eigenvalue weighted by Gasteiger charge is 2.41. The normalized spacial score (nSPS) is 19.9. The molecule has 1 aliphatic heterocycles. The molecule has 110 valence electrons. The molecule has 1 saturated heterocycles. The Morgan fingerprint density at radius 2 is 2.05 bits per heavy atom. The maximum Gasteiger partial charge on any atom is 0.393 e. The Labute approximate surface area is 114 Å². The van der Waals surface area contributed by atoms with E-state index in [0.29, 0.717) is 18.7 Å². The lowest BCUT2D eigenvalue weighted by molar-refractivity contribution is -0.175. The van der Waals surface area contributed by atoms with Crippen LogP contribution >= 0.6 is 0 Å². The van der Waals surface area contributed by atoms with Gasteiger partial charge in [0, 0.05) is 24.5 Å². The standard InChI is InChI=1S/C13H16F3N3O/c14-13(15,16)8-2-1-5-19(7-8)9-3-4-11(17)10(6-9)12(18)20/h3-4,6,8H,1-2,5,7,17H2,(H2,18,20). The molecule has 4 nitrogen and oxygen atoms in total. The molecule has 1 amide bonds. The molecule has 20 heavy (non-hydrogen) atoms. The van der Waals surface area contributed by atoms with Crippen molar-refractivity contribution in [3.8, 4) is 0 Å². The van der Waals surface area contributed by atoms with Gasteiger partial charge in [-0.25, -0.2) is 0 Å². The van der Waals surface area contributed by atoms with Crippen molar-refractivity contribution >= 4 is 17.3 Å². The zero-order chi connectivity index (χ0) is 14.9. The van der Waals surface area contributed by atoms with Gasteiger partial charge in [0.2, 0.25) is 0 Å². The highest BCUT2D eigenvalue weighted by molar-refractivity contribution is 5.99. The fourth-order valence-corrected chi connectivity index (χ4v) is 2.43. The van der Waals surface area contributed by atoms with E-state index in [2.05, 4.69) is 0 Å². The summed E-state index contributed by atoms with van der Waals surface area (Å²) in [7, 11) is 0. The van der Waals surface area contributed by atoms with Crippen LogP contribution in [-0.4, -0.2) is 25.2 Å². The van der Waals surface area contributed by atoms with Crippen LogP contribution in [0.25, 0.3) is 0 Å². The Hall–Kier alpha value is -1.92. The van der Waals surface area contributed by atoms with E-state index in [1.807, 2.05) is 0 Å². The van der Waals surface area contributed by atoms with Crippen LogP contribution in [-0.2, 0) is 0 Å². The van der Waals surface area contributed by atoms with Crippen LogP contribution in [0.1, 0.15) is 23.2 Å². The Balaban J connectivity index is 2.23. The van der Waals surface area contributed by atoms with Gasteiger partial charge >= 0.3 is 6.18 Å². The number of halogens is 3. The average molecular weight is 287 g/mol. The Bertz CT molecular complexity index is 516. The van der Waals surface area contributed by atoms with Gasteiger partial charge in [0.25, 0.3) is 5.91 Å². The lowest BCUT2D eigenvalue weighted by Crippen LogP contribution is -2.41. The fraction of sp³-hybridized carbons (Fsp3) is 0.462. The molecule has 1 aromatic carbocycles. The van der Waals surface area contributed by atoms with Crippen LogP contribution < -0.4 is 16.4 Å². The molecule has 4 N–H and O–H groups in total. The van der Waals surface area contributed by atoms with Gasteiger partial charge in [-0.05, 0) is 31.0 Å². The number of piperidine rings is 1. The van der Waals surface area contributed by atoms with Crippen LogP contribution in [0, 0.1) is 5.92 Å². The minimum absolute atomic E-state index is 0.106. The van der Waals surface area contributed by atoms with Crippen molar-refractivity contribution in [1.82, 2.24) is 0 Å². The largest absolute Gasteiger partial charge is 0.398 e. The van der Waals surface area contributed by atoms with Gasteiger partial charge in [-0.2, -0.15) is 13.2 Å². The summed E-state index contributed by atoms with van der Waals surface area (Å²) in [5, 5.41) is 0. The minimum Gasteiger partial charge on any atom is -0.398 e. The molecular weight excluding hydrogens is 271 g/mol. The van der Waals surface area contributed by atoms with E-state index in [9.17, 15) is 18.0 Å². The van der Waals surface area contributed by atoms with E-state index in [1.165, 1.54) is 12.1 Å². The predicted molar refractivity (Wildman–Crippen MR) is 70.4 cm³/mol. The van der Waals surface area contributed by atoms with Crippen molar-refractivity contribution < 1.29 is 18.0 Å². The third kappa shape index (κ3) is 2.97. The molecule has 1 fully saturated rings. The summed E-state index contributed by atoms with van der Waals surface area (Å²) in [6.45, 7) is 0.417. The van der Waals surface area contributed by atoms with Crippen molar-refractivity contribution in [2.45, 2.75) is 19.0 Å². The number of rotatable bonds is 2. The monoisotopic (exact) mass is 287 g/mol. The topological polar surface area (TPSA) is 72.4 Å². The summed E-state index contributed by atoms with van der Waals surface area (Å²) in [6.07, 6.45) is -3.60. The molecule has 0 aliphatic carbocycles. The second kappa shape index (κ2) is 5.22. The summed E-state index contributed by atoms with van der Waals surface area (Å²) in [6, 6.07) is 4.56.